The number of rotatable bonds is 6. The third-order valence-corrected chi connectivity index (χ3v) is 2.68. The van der Waals surface area contributed by atoms with Gasteiger partial charge in [-0.2, -0.15) is 0 Å². The minimum absolute atomic E-state index is 0.232. The Morgan fingerprint density at radius 3 is 2.20 bits per heavy atom. The van der Waals surface area contributed by atoms with Crippen molar-refractivity contribution in [2.24, 2.45) is 0 Å². The first-order chi connectivity index (χ1) is 9.23. The molecule has 0 aliphatic carbocycles. The summed E-state index contributed by atoms with van der Waals surface area (Å²) < 4.78 is 5.03. The first kappa shape index (κ1) is 16.2. The number of benzene rings is 1. The van der Waals surface area contributed by atoms with Crippen LogP contribution in [0, 0.1) is 0 Å². The van der Waals surface area contributed by atoms with Crippen LogP contribution in [0.25, 0.3) is 0 Å². The molecule has 0 bridgehead atoms. The van der Waals surface area contributed by atoms with Crippen molar-refractivity contribution < 1.29 is 19.4 Å². The molecular formula is C15H21NO4. The van der Waals surface area contributed by atoms with E-state index in [-0.39, 0.29) is 17.7 Å². The SMILES string of the molecule is COc1ccc(C(=O)C(CC(=O)O)NC(C)(C)C)cc1. The molecule has 0 aromatic heterocycles. The second-order valence-corrected chi connectivity index (χ2v) is 5.64. The lowest BCUT2D eigenvalue weighted by Crippen LogP contribution is -2.48. The molecule has 0 heterocycles. The monoisotopic (exact) mass is 279 g/mol. The van der Waals surface area contributed by atoms with E-state index in [1.54, 1.807) is 31.4 Å². The fourth-order valence-corrected chi connectivity index (χ4v) is 1.86. The lowest BCUT2D eigenvalue weighted by atomic mass is 9.98. The molecule has 2 N–H and O–H groups in total. The lowest BCUT2D eigenvalue weighted by molar-refractivity contribution is -0.137. The van der Waals surface area contributed by atoms with Gasteiger partial charge in [-0.25, -0.2) is 0 Å². The van der Waals surface area contributed by atoms with Crippen molar-refractivity contribution in [2.75, 3.05) is 7.11 Å². The maximum absolute atomic E-state index is 12.4. The molecule has 1 unspecified atom stereocenters. The van der Waals surface area contributed by atoms with Crippen LogP contribution in [0.3, 0.4) is 0 Å². The highest BCUT2D eigenvalue weighted by Gasteiger charge is 2.26. The minimum Gasteiger partial charge on any atom is -0.497 e. The Bertz CT molecular complexity index is 474. The summed E-state index contributed by atoms with van der Waals surface area (Å²) in [5, 5.41) is 12.0. The zero-order chi connectivity index (χ0) is 15.3. The summed E-state index contributed by atoms with van der Waals surface area (Å²) in [5.41, 5.74) is 0.121. The van der Waals surface area contributed by atoms with Crippen molar-refractivity contribution in [3.8, 4) is 5.75 Å². The first-order valence-corrected chi connectivity index (χ1v) is 6.40. The standard InChI is InChI=1S/C15H21NO4/c1-15(2,3)16-12(9-13(17)18)14(19)10-5-7-11(20-4)8-6-10/h5-8,12,16H,9H2,1-4H3,(H,17,18). The molecule has 110 valence electrons. The number of ether oxygens (including phenoxy) is 1. The molecule has 1 aromatic rings. The molecular weight excluding hydrogens is 258 g/mol. The van der Waals surface area contributed by atoms with E-state index in [2.05, 4.69) is 5.32 Å². The van der Waals surface area contributed by atoms with Gasteiger partial charge in [-0.05, 0) is 45.0 Å². The number of Topliss-reactive ketones (excluding diaryl/α,β-unsaturated/α-hetero) is 1. The number of carboxylic acid groups (broad SMARTS) is 1. The van der Waals surface area contributed by atoms with Gasteiger partial charge in [-0.3, -0.25) is 9.59 Å². The maximum Gasteiger partial charge on any atom is 0.305 e. The number of aliphatic carboxylic acids is 1. The number of hydrogen-bond donors (Lipinski definition) is 2. The Morgan fingerprint density at radius 2 is 1.80 bits per heavy atom. The molecule has 5 heteroatoms. The summed E-state index contributed by atoms with van der Waals surface area (Å²) >= 11 is 0. The molecule has 0 saturated heterocycles. The number of hydrogen-bond acceptors (Lipinski definition) is 4. The number of methoxy groups -OCH3 is 1. The number of carbonyl (C=O) groups is 2. The zero-order valence-corrected chi connectivity index (χ0v) is 12.3. The van der Waals surface area contributed by atoms with Gasteiger partial charge in [-0.15, -0.1) is 0 Å². The van der Waals surface area contributed by atoms with Crippen LogP contribution in [0.5, 0.6) is 5.75 Å². The number of carboxylic acids is 1. The smallest absolute Gasteiger partial charge is 0.305 e. The van der Waals surface area contributed by atoms with E-state index >= 15 is 0 Å². The quantitative estimate of drug-likeness (QED) is 0.780. The Labute approximate surface area is 118 Å². The van der Waals surface area contributed by atoms with Crippen molar-refractivity contribution >= 4 is 11.8 Å². The molecule has 0 fully saturated rings. The van der Waals surface area contributed by atoms with Gasteiger partial charge in [0, 0.05) is 11.1 Å². The van der Waals surface area contributed by atoms with E-state index in [1.807, 2.05) is 20.8 Å². The van der Waals surface area contributed by atoms with E-state index in [4.69, 9.17) is 9.84 Å². The van der Waals surface area contributed by atoms with Crippen LogP contribution >= 0.6 is 0 Å². The fraction of sp³-hybridized carbons (Fsp3) is 0.467. The molecule has 5 nitrogen and oxygen atoms in total. The van der Waals surface area contributed by atoms with Gasteiger partial charge in [0.2, 0.25) is 0 Å². The highest BCUT2D eigenvalue weighted by molar-refractivity contribution is 6.01. The summed E-state index contributed by atoms with van der Waals surface area (Å²) in [6.45, 7) is 5.68. The second kappa shape index (κ2) is 6.52. The van der Waals surface area contributed by atoms with Gasteiger partial charge < -0.3 is 15.2 Å². The van der Waals surface area contributed by atoms with Crippen LogP contribution in [0.15, 0.2) is 24.3 Å². The van der Waals surface area contributed by atoms with Crippen LogP contribution in [0.4, 0.5) is 0 Å². The highest BCUT2D eigenvalue weighted by Crippen LogP contribution is 2.15. The number of ketones is 1. The molecule has 0 saturated carbocycles. The van der Waals surface area contributed by atoms with Crippen molar-refractivity contribution in [3.05, 3.63) is 29.8 Å². The van der Waals surface area contributed by atoms with Crippen molar-refractivity contribution in [3.63, 3.8) is 0 Å². The summed E-state index contributed by atoms with van der Waals surface area (Å²) in [4.78, 5) is 23.3. The summed E-state index contributed by atoms with van der Waals surface area (Å²) in [6.07, 6.45) is -0.248. The van der Waals surface area contributed by atoms with Gasteiger partial charge in [0.25, 0.3) is 0 Å². The van der Waals surface area contributed by atoms with Gasteiger partial charge in [0.1, 0.15) is 5.75 Å². The third kappa shape index (κ3) is 5.01. The molecule has 0 spiro atoms. The van der Waals surface area contributed by atoms with Gasteiger partial charge >= 0.3 is 5.97 Å². The number of carbonyl (C=O) groups excluding carboxylic acids is 1. The number of nitrogens with one attached hydrogen (secondary N) is 1. The highest BCUT2D eigenvalue weighted by atomic mass is 16.5. The first-order valence-electron chi connectivity index (χ1n) is 6.40. The van der Waals surface area contributed by atoms with Crippen LogP contribution in [0.1, 0.15) is 37.6 Å². The maximum atomic E-state index is 12.4. The average Bonchev–Trinajstić information content (AvgIpc) is 2.35. The molecule has 0 radical (unpaired) electrons. The third-order valence-electron chi connectivity index (χ3n) is 2.68. The molecule has 0 aliphatic heterocycles. The van der Waals surface area contributed by atoms with Crippen LogP contribution in [-0.2, 0) is 4.79 Å². The normalized spacial score (nSPS) is 12.8. The second-order valence-electron chi connectivity index (χ2n) is 5.64. The van der Waals surface area contributed by atoms with E-state index < -0.39 is 12.0 Å². The molecule has 1 aromatic carbocycles. The summed E-state index contributed by atoms with van der Waals surface area (Å²) in [5.74, 6) is -0.585. The predicted molar refractivity (Wildman–Crippen MR) is 76.3 cm³/mol. The van der Waals surface area contributed by atoms with Crippen molar-refractivity contribution in [1.29, 1.82) is 0 Å². The van der Waals surface area contributed by atoms with E-state index in [1.165, 1.54) is 0 Å². The Morgan fingerprint density at radius 1 is 1.25 bits per heavy atom. The van der Waals surface area contributed by atoms with Gasteiger partial charge in [-0.1, -0.05) is 0 Å². The molecule has 0 aliphatic rings. The molecule has 1 rings (SSSR count). The molecule has 1 atom stereocenters. The van der Waals surface area contributed by atoms with Crippen LogP contribution in [0.2, 0.25) is 0 Å². The minimum atomic E-state index is -1.01. The summed E-state index contributed by atoms with van der Waals surface area (Å²) in [6, 6.07) is 5.89. The predicted octanol–water partition coefficient (Wildman–Crippen LogP) is 2.11. The average molecular weight is 279 g/mol. The van der Waals surface area contributed by atoms with E-state index in [0.29, 0.717) is 11.3 Å². The topological polar surface area (TPSA) is 75.6 Å². The summed E-state index contributed by atoms with van der Waals surface area (Å²) in [7, 11) is 1.55. The largest absolute Gasteiger partial charge is 0.497 e. The fourth-order valence-electron chi connectivity index (χ4n) is 1.86. The van der Waals surface area contributed by atoms with Crippen LogP contribution in [-0.4, -0.2) is 35.5 Å². The Hall–Kier alpha value is -1.88. The van der Waals surface area contributed by atoms with Crippen molar-refractivity contribution in [1.82, 2.24) is 5.32 Å². The Balaban J connectivity index is 2.93. The van der Waals surface area contributed by atoms with Gasteiger partial charge in [0.15, 0.2) is 5.78 Å². The van der Waals surface area contributed by atoms with Crippen LogP contribution < -0.4 is 10.1 Å². The molecule has 0 amide bonds. The molecule has 20 heavy (non-hydrogen) atoms. The lowest BCUT2D eigenvalue weighted by Gasteiger charge is -2.26. The van der Waals surface area contributed by atoms with Crippen molar-refractivity contribution in [2.45, 2.75) is 38.8 Å². The zero-order valence-electron chi connectivity index (χ0n) is 12.3. The Kier molecular flexibility index (Phi) is 5.27. The van der Waals surface area contributed by atoms with E-state index in [0.717, 1.165) is 0 Å². The van der Waals surface area contributed by atoms with E-state index in [9.17, 15) is 9.59 Å². The van der Waals surface area contributed by atoms with Gasteiger partial charge in [0.05, 0.1) is 19.6 Å².